The van der Waals surface area contributed by atoms with Crippen LogP contribution >= 0.6 is 0 Å². The molecule has 1 fully saturated rings. The number of carbonyl (C=O) groups excluding carboxylic acids is 4. The molecule has 0 aliphatic carbocycles. The number of nitrogens with one attached hydrogen (secondary N) is 4. The fourth-order valence-corrected chi connectivity index (χ4v) is 4.68. The topological polar surface area (TPSA) is 165 Å². The van der Waals surface area contributed by atoms with E-state index in [2.05, 4.69) is 36.1 Å². The highest BCUT2D eigenvalue weighted by Crippen LogP contribution is 2.18. The number of nitrogens with zero attached hydrogens (tertiary/aromatic N) is 5. The first-order chi connectivity index (χ1) is 21.3. The first-order valence-corrected chi connectivity index (χ1v) is 14.0. The van der Waals surface area contributed by atoms with Crippen molar-refractivity contribution in [2.75, 3.05) is 55.3 Å². The van der Waals surface area contributed by atoms with Crippen LogP contribution in [-0.2, 0) is 18.8 Å². The molecular formula is C30H33N9O5. The van der Waals surface area contributed by atoms with E-state index in [1.54, 1.807) is 72.0 Å². The monoisotopic (exact) mass is 599 g/mol. The van der Waals surface area contributed by atoms with E-state index in [1.165, 1.54) is 18.6 Å². The van der Waals surface area contributed by atoms with Gasteiger partial charge in [0.25, 0.3) is 23.6 Å². The van der Waals surface area contributed by atoms with Gasteiger partial charge in [0.1, 0.15) is 23.4 Å². The van der Waals surface area contributed by atoms with E-state index in [1.807, 2.05) is 0 Å². The molecule has 1 saturated heterocycles. The number of benzene rings is 1. The number of anilines is 3. The lowest BCUT2D eigenvalue weighted by atomic mass is 10.2. The number of aryl methyl sites for hydroxylation is 2. The smallest absolute Gasteiger partial charge is 0.274 e. The van der Waals surface area contributed by atoms with E-state index < -0.39 is 11.8 Å². The SMILES string of the molecule is Cn1cc(NC(=O)c2ccc(NC(=O)c3cc(NC(=O)c4ccncn4)cn3C)cc2)cc1C(=O)NCCN1CCOCC1. The molecule has 14 nitrogen and oxygen atoms in total. The molecule has 0 spiro atoms. The summed E-state index contributed by atoms with van der Waals surface area (Å²) in [5.74, 6) is -1.40. The average Bonchev–Trinajstić information content (AvgIpc) is 3.59. The van der Waals surface area contributed by atoms with Crippen LogP contribution in [0.3, 0.4) is 0 Å². The zero-order valence-corrected chi connectivity index (χ0v) is 24.4. The van der Waals surface area contributed by atoms with Crippen molar-refractivity contribution in [3.63, 3.8) is 0 Å². The van der Waals surface area contributed by atoms with E-state index in [0.717, 1.165) is 19.6 Å². The Balaban J connectivity index is 1.13. The van der Waals surface area contributed by atoms with E-state index >= 15 is 0 Å². The Morgan fingerprint density at radius 1 is 0.773 bits per heavy atom. The van der Waals surface area contributed by atoms with Gasteiger partial charge in [0, 0.05) is 70.1 Å². The van der Waals surface area contributed by atoms with Gasteiger partial charge in [-0.25, -0.2) is 9.97 Å². The molecule has 1 aromatic carbocycles. The lowest BCUT2D eigenvalue weighted by Gasteiger charge is -2.26. The Hall–Kier alpha value is -5.34. The van der Waals surface area contributed by atoms with Gasteiger partial charge in [-0.2, -0.15) is 0 Å². The minimum Gasteiger partial charge on any atom is -0.379 e. The molecule has 4 aromatic rings. The molecule has 1 aliphatic heterocycles. The molecule has 14 heteroatoms. The van der Waals surface area contributed by atoms with Crippen LogP contribution in [0, 0.1) is 0 Å². The number of rotatable bonds is 10. The van der Waals surface area contributed by atoms with Crippen LogP contribution in [0.2, 0.25) is 0 Å². The molecule has 4 amide bonds. The molecule has 228 valence electrons. The predicted molar refractivity (Wildman–Crippen MR) is 163 cm³/mol. The molecule has 5 rings (SSSR count). The number of hydrogen-bond donors (Lipinski definition) is 4. The van der Waals surface area contributed by atoms with Crippen molar-refractivity contribution < 1.29 is 23.9 Å². The number of ether oxygens (including phenoxy) is 1. The van der Waals surface area contributed by atoms with Gasteiger partial charge in [-0.1, -0.05) is 0 Å². The molecule has 0 radical (unpaired) electrons. The normalized spacial score (nSPS) is 13.2. The van der Waals surface area contributed by atoms with Crippen molar-refractivity contribution in [3.05, 3.63) is 90.0 Å². The highest BCUT2D eigenvalue weighted by atomic mass is 16.5. The third kappa shape index (κ3) is 7.53. The van der Waals surface area contributed by atoms with Crippen LogP contribution in [0.15, 0.2) is 67.4 Å². The summed E-state index contributed by atoms with van der Waals surface area (Å²) in [6.07, 6.45) is 6.04. The van der Waals surface area contributed by atoms with Crippen molar-refractivity contribution in [1.82, 2.24) is 29.3 Å². The number of morpholine rings is 1. The zero-order chi connectivity index (χ0) is 31.1. The minimum absolute atomic E-state index is 0.201. The maximum Gasteiger partial charge on any atom is 0.274 e. The lowest BCUT2D eigenvalue weighted by molar-refractivity contribution is 0.0383. The Bertz CT molecular complexity index is 1640. The second-order valence-electron chi connectivity index (χ2n) is 10.2. The number of amides is 4. The van der Waals surface area contributed by atoms with Crippen molar-refractivity contribution in [2.45, 2.75) is 0 Å². The summed E-state index contributed by atoms with van der Waals surface area (Å²) >= 11 is 0. The van der Waals surface area contributed by atoms with Crippen LogP contribution in [-0.4, -0.2) is 87.0 Å². The van der Waals surface area contributed by atoms with Gasteiger partial charge in [-0.15, -0.1) is 0 Å². The predicted octanol–water partition coefficient (Wildman–Crippen LogP) is 1.97. The minimum atomic E-state index is -0.423. The van der Waals surface area contributed by atoms with E-state index in [0.29, 0.717) is 53.8 Å². The van der Waals surface area contributed by atoms with Crippen LogP contribution in [0.25, 0.3) is 0 Å². The van der Waals surface area contributed by atoms with Gasteiger partial charge in [0.15, 0.2) is 0 Å². The van der Waals surface area contributed by atoms with Crippen molar-refractivity contribution in [1.29, 1.82) is 0 Å². The van der Waals surface area contributed by atoms with Crippen LogP contribution in [0.4, 0.5) is 17.1 Å². The van der Waals surface area contributed by atoms with Gasteiger partial charge in [0.05, 0.1) is 24.6 Å². The Labute approximate surface area is 253 Å². The molecule has 0 saturated carbocycles. The molecule has 44 heavy (non-hydrogen) atoms. The summed E-state index contributed by atoms with van der Waals surface area (Å²) in [7, 11) is 3.43. The number of hydrogen-bond acceptors (Lipinski definition) is 8. The summed E-state index contributed by atoms with van der Waals surface area (Å²) in [4.78, 5) is 60.8. The zero-order valence-electron chi connectivity index (χ0n) is 24.4. The van der Waals surface area contributed by atoms with Gasteiger partial charge in [-0.05, 0) is 42.5 Å². The van der Waals surface area contributed by atoms with E-state index in [9.17, 15) is 19.2 Å². The Morgan fingerprint density at radius 3 is 2.02 bits per heavy atom. The summed E-state index contributed by atoms with van der Waals surface area (Å²) in [6, 6.07) is 11.1. The fraction of sp³-hybridized carbons (Fsp3) is 0.267. The number of carbonyl (C=O) groups is 4. The first kappa shape index (κ1) is 30.1. The van der Waals surface area contributed by atoms with Crippen molar-refractivity contribution in [2.24, 2.45) is 14.1 Å². The quantitative estimate of drug-likeness (QED) is 0.215. The van der Waals surface area contributed by atoms with Gasteiger partial charge in [-0.3, -0.25) is 24.1 Å². The summed E-state index contributed by atoms with van der Waals surface area (Å²) in [5.41, 5.74) is 2.72. The Kier molecular flexibility index (Phi) is 9.42. The van der Waals surface area contributed by atoms with Crippen molar-refractivity contribution >= 4 is 40.7 Å². The highest BCUT2D eigenvalue weighted by molar-refractivity contribution is 6.08. The summed E-state index contributed by atoms with van der Waals surface area (Å²) < 4.78 is 8.59. The molecule has 0 atom stereocenters. The molecule has 1 aliphatic rings. The second-order valence-corrected chi connectivity index (χ2v) is 10.2. The lowest BCUT2D eigenvalue weighted by Crippen LogP contribution is -2.41. The maximum atomic E-state index is 12.9. The average molecular weight is 600 g/mol. The van der Waals surface area contributed by atoms with Gasteiger partial charge >= 0.3 is 0 Å². The molecule has 0 unspecified atom stereocenters. The van der Waals surface area contributed by atoms with Gasteiger partial charge < -0.3 is 35.1 Å². The van der Waals surface area contributed by atoms with Crippen molar-refractivity contribution in [3.8, 4) is 0 Å². The highest BCUT2D eigenvalue weighted by Gasteiger charge is 2.17. The van der Waals surface area contributed by atoms with Crippen LogP contribution in [0.1, 0.15) is 41.8 Å². The second kappa shape index (κ2) is 13.8. The molecule has 0 bridgehead atoms. The fourth-order valence-electron chi connectivity index (χ4n) is 4.68. The summed E-state index contributed by atoms with van der Waals surface area (Å²) in [5, 5.41) is 11.2. The third-order valence-corrected chi connectivity index (χ3v) is 7.03. The molecular weight excluding hydrogens is 566 g/mol. The van der Waals surface area contributed by atoms with Crippen LogP contribution < -0.4 is 21.3 Å². The number of aromatic nitrogens is 4. The van der Waals surface area contributed by atoms with Crippen LogP contribution in [0.5, 0.6) is 0 Å². The molecule has 4 heterocycles. The molecule has 3 aromatic heterocycles. The first-order valence-electron chi connectivity index (χ1n) is 14.0. The summed E-state index contributed by atoms with van der Waals surface area (Å²) in [6.45, 7) is 4.37. The van der Waals surface area contributed by atoms with E-state index in [4.69, 9.17) is 4.74 Å². The largest absolute Gasteiger partial charge is 0.379 e. The standard InChI is InChI=1S/C30H33N9O5/c1-37-17-22(15-25(37)29(42)32-9-10-39-11-13-44-14-12-39)35-27(40)20-3-5-21(6-4-20)34-30(43)26-16-23(18-38(26)2)36-28(41)24-7-8-31-19-33-24/h3-8,15-19H,9-14H2,1-2H3,(H,32,42)(H,34,43)(H,35,40)(H,36,41). The molecule has 4 N–H and O–H groups in total. The maximum absolute atomic E-state index is 12.9. The van der Waals surface area contributed by atoms with E-state index in [-0.39, 0.29) is 17.5 Å². The third-order valence-electron chi connectivity index (χ3n) is 7.03. The van der Waals surface area contributed by atoms with Gasteiger partial charge in [0.2, 0.25) is 0 Å². The Morgan fingerprint density at radius 2 is 1.39 bits per heavy atom.